The summed E-state index contributed by atoms with van der Waals surface area (Å²) in [6.45, 7) is 0.317. The topological polar surface area (TPSA) is 91.2 Å². The predicted molar refractivity (Wildman–Crippen MR) is 115 cm³/mol. The van der Waals surface area contributed by atoms with Crippen molar-refractivity contribution in [2.24, 2.45) is 5.10 Å². The Morgan fingerprint density at radius 1 is 1.10 bits per heavy atom. The van der Waals surface area contributed by atoms with Crippen LogP contribution in [0.2, 0.25) is 5.02 Å². The molecule has 0 atom stereocenters. The summed E-state index contributed by atoms with van der Waals surface area (Å²) in [4.78, 5) is 12.1. The van der Waals surface area contributed by atoms with Crippen LogP contribution >= 0.6 is 27.5 Å². The molecule has 0 saturated carbocycles. The molecule has 3 aromatic rings. The van der Waals surface area contributed by atoms with Gasteiger partial charge in [-0.15, -0.1) is 0 Å². The minimum absolute atomic E-state index is 0.0753. The zero-order chi connectivity index (χ0) is 20.8. The van der Waals surface area contributed by atoms with E-state index in [1.54, 1.807) is 18.2 Å². The number of aromatic hydroxyl groups is 2. The first kappa shape index (κ1) is 20.7. The third-order valence-corrected chi connectivity index (χ3v) is 4.52. The van der Waals surface area contributed by atoms with Gasteiger partial charge in [0, 0.05) is 26.7 Å². The van der Waals surface area contributed by atoms with Gasteiger partial charge in [-0.25, -0.2) is 5.43 Å². The van der Waals surface area contributed by atoms with Gasteiger partial charge in [-0.05, 0) is 48.0 Å². The molecular formula is C21H16BrClN2O4. The van der Waals surface area contributed by atoms with Crippen LogP contribution in [-0.4, -0.2) is 22.3 Å². The Labute approximate surface area is 180 Å². The summed E-state index contributed by atoms with van der Waals surface area (Å²) in [5.41, 5.74) is 3.98. The molecular weight excluding hydrogens is 460 g/mol. The van der Waals surface area contributed by atoms with Gasteiger partial charge in [0.2, 0.25) is 0 Å². The van der Waals surface area contributed by atoms with Gasteiger partial charge in [-0.2, -0.15) is 5.10 Å². The smallest absolute Gasteiger partial charge is 0.271 e. The molecule has 1 amide bonds. The summed E-state index contributed by atoms with van der Waals surface area (Å²) in [7, 11) is 0. The molecule has 0 saturated heterocycles. The maximum absolute atomic E-state index is 12.1. The van der Waals surface area contributed by atoms with Crippen LogP contribution in [0, 0.1) is 0 Å². The van der Waals surface area contributed by atoms with E-state index < -0.39 is 5.91 Å². The fourth-order valence-electron chi connectivity index (χ4n) is 2.49. The van der Waals surface area contributed by atoms with E-state index >= 15 is 0 Å². The molecule has 29 heavy (non-hydrogen) atoms. The van der Waals surface area contributed by atoms with Gasteiger partial charge in [0.05, 0.1) is 6.21 Å². The van der Waals surface area contributed by atoms with Gasteiger partial charge >= 0.3 is 0 Å². The van der Waals surface area contributed by atoms with Gasteiger partial charge in [0.25, 0.3) is 5.91 Å². The number of carbonyl (C=O) groups is 1. The van der Waals surface area contributed by atoms with E-state index in [1.807, 2.05) is 24.3 Å². The fourth-order valence-corrected chi connectivity index (χ4v) is 3.08. The predicted octanol–water partition coefficient (Wildman–Crippen LogP) is 4.86. The van der Waals surface area contributed by atoms with Gasteiger partial charge < -0.3 is 14.9 Å². The van der Waals surface area contributed by atoms with E-state index in [9.17, 15) is 15.0 Å². The second-order valence-corrected chi connectivity index (χ2v) is 7.39. The van der Waals surface area contributed by atoms with E-state index in [2.05, 4.69) is 26.5 Å². The Bertz CT molecular complexity index is 1050. The van der Waals surface area contributed by atoms with E-state index in [1.165, 1.54) is 18.3 Å². The number of benzene rings is 3. The molecule has 3 aromatic carbocycles. The number of hydrogen-bond acceptors (Lipinski definition) is 5. The molecule has 0 radical (unpaired) electrons. The first-order valence-electron chi connectivity index (χ1n) is 8.44. The highest BCUT2D eigenvalue weighted by Crippen LogP contribution is 2.24. The van der Waals surface area contributed by atoms with Crippen LogP contribution in [0.3, 0.4) is 0 Å². The van der Waals surface area contributed by atoms with Gasteiger partial charge in [0.15, 0.2) is 0 Å². The summed E-state index contributed by atoms with van der Waals surface area (Å²) < 4.78 is 6.68. The standard InChI is InChI=1S/C21H16BrClN2O4/c22-16-4-5-20(29-12-13-2-1-3-17(23)6-13)15(7-16)11-24-25-21(28)14-8-18(26)10-19(27)9-14/h1-11,26-27H,12H2,(H,25,28). The number of halogens is 2. The lowest BCUT2D eigenvalue weighted by atomic mass is 10.2. The lowest BCUT2D eigenvalue weighted by Crippen LogP contribution is -2.17. The first-order valence-corrected chi connectivity index (χ1v) is 9.61. The number of nitrogens with one attached hydrogen (secondary N) is 1. The average molecular weight is 476 g/mol. The third kappa shape index (κ3) is 5.97. The largest absolute Gasteiger partial charge is 0.508 e. The highest BCUT2D eigenvalue weighted by atomic mass is 79.9. The Morgan fingerprint density at radius 3 is 2.59 bits per heavy atom. The van der Waals surface area contributed by atoms with Crippen LogP contribution in [0.25, 0.3) is 0 Å². The van der Waals surface area contributed by atoms with Crippen molar-refractivity contribution in [3.63, 3.8) is 0 Å². The molecule has 148 valence electrons. The zero-order valence-corrected chi connectivity index (χ0v) is 17.3. The molecule has 3 rings (SSSR count). The summed E-state index contributed by atoms with van der Waals surface area (Å²) in [6, 6.07) is 16.4. The summed E-state index contributed by atoms with van der Waals surface area (Å²) in [5.74, 6) is -0.448. The molecule has 8 heteroatoms. The number of phenolic OH excluding ortho intramolecular Hbond substituents is 2. The first-order chi connectivity index (χ1) is 13.9. The molecule has 0 aliphatic rings. The Kier molecular flexibility index (Phi) is 6.74. The van der Waals surface area contributed by atoms with Crippen molar-refractivity contribution in [2.75, 3.05) is 0 Å². The quantitative estimate of drug-likeness (QED) is 0.351. The maximum atomic E-state index is 12.1. The van der Waals surface area contributed by atoms with Crippen molar-refractivity contribution in [1.82, 2.24) is 5.43 Å². The van der Waals surface area contributed by atoms with Crippen molar-refractivity contribution in [3.8, 4) is 17.2 Å². The van der Waals surface area contributed by atoms with Gasteiger partial charge in [-0.3, -0.25) is 4.79 Å². The van der Waals surface area contributed by atoms with Crippen molar-refractivity contribution in [1.29, 1.82) is 0 Å². The van der Waals surface area contributed by atoms with E-state index in [-0.39, 0.29) is 17.1 Å². The highest BCUT2D eigenvalue weighted by molar-refractivity contribution is 9.10. The normalized spacial score (nSPS) is 10.8. The monoisotopic (exact) mass is 474 g/mol. The number of nitrogens with zero attached hydrogens (tertiary/aromatic N) is 1. The van der Waals surface area contributed by atoms with Crippen LogP contribution in [0.1, 0.15) is 21.5 Å². The SMILES string of the molecule is O=C(NN=Cc1cc(Br)ccc1OCc1cccc(Cl)c1)c1cc(O)cc(O)c1. The van der Waals surface area contributed by atoms with Gasteiger partial charge in [0.1, 0.15) is 23.9 Å². The summed E-state index contributed by atoms with van der Waals surface area (Å²) >= 11 is 9.39. The molecule has 6 nitrogen and oxygen atoms in total. The molecule has 0 unspecified atom stereocenters. The Hall–Kier alpha value is -3.03. The second-order valence-electron chi connectivity index (χ2n) is 6.04. The van der Waals surface area contributed by atoms with Crippen LogP contribution in [0.4, 0.5) is 0 Å². The molecule has 0 aromatic heterocycles. The second kappa shape index (κ2) is 9.45. The van der Waals surface area contributed by atoms with Crippen LogP contribution in [0.5, 0.6) is 17.2 Å². The molecule has 0 aliphatic heterocycles. The Morgan fingerprint density at radius 2 is 1.86 bits per heavy atom. The van der Waals surface area contributed by atoms with E-state index in [0.717, 1.165) is 16.1 Å². The molecule has 0 fully saturated rings. The number of phenols is 2. The van der Waals surface area contributed by atoms with Gasteiger partial charge in [-0.1, -0.05) is 39.7 Å². The highest BCUT2D eigenvalue weighted by Gasteiger charge is 2.08. The number of rotatable bonds is 6. The number of amides is 1. The lowest BCUT2D eigenvalue weighted by Gasteiger charge is -2.10. The number of hydrogen-bond donors (Lipinski definition) is 3. The van der Waals surface area contributed by atoms with Crippen molar-refractivity contribution < 1.29 is 19.7 Å². The summed E-state index contributed by atoms with van der Waals surface area (Å²) in [6.07, 6.45) is 1.44. The van der Waals surface area contributed by atoms with E-state index in [4.69, 9.17) is 16.3 Å². The van der Waals surface area contributed by atoms with Crippen LogP contribution in [-0.2, 0) is 6.61 Å². The molecule has 0 bridgehead atoms. The van der Waals surface area contributed by atoms with Crippen LogP contribution in [0.15, 0.2) is 70.2 Å². The number of ether oxygens (including phenoxy) is 1. The third-order valence-electron chi connectivity index (χ3n) is 3.79. The molecule has 0 heterocycles. The number of hydrazone groups is 1. The molecule has 0 aliphatic carbocycles. The minimum atomic E-state index is -0.580. The minimum Gasteiger partial charge on any atom is -0.508 e. The zero-order valence-electron chi connectivity index (χ0n) is 15.0. The Balaban J connectivity index is 1.71. The van der Waals surface area contributed by atoms with Crippen molar-refractivity contribution >= 4 is 39.7 Å². The van der Waals surface area contributed by atoms with Crippen molar-refractivity contribution in [2.45, 2.75) is 6.61 Å². The fraction of sp³-hybridized carbons (Fsp3) is 0.0476. The number of carbonyl (C=O) groups excluding carboxylic acids is 1. The lowest BCUT2D eigenvalue weighted by molar-refractivity contribution is 0.0954. The van der Waals surface area contributed by atoms with Crippen LogP contribution < -0.4 is 10.2 Å². The average Bonchev–Trinajstić information content (AvgIpc) is 2.66. The molecule has 0 spiro atoms. The maximum Gasteiger partial charge on any atom is 0.271 e. The van der Waals surface area contributed by atoms with E-state index in [0.29, 0.717) is 22.9 Å². The molecule has 3 N–H and O–H groups in total. The van der Waals surface area contributed by atoms with Crippen molar-refractivity contribution in [3.05, 3.63) is 86.8 Å². The summed E-state index contributed by atoms with van der Waals surface area (Å²) in [5, 5.41) is 23.5.